The van der Waals surface area contributed by atoms with Crippen LogP contribution in [0.3, 0.4) is 0 Å². The number of nitrogens with zero attached hydrogens (tertiary/aromatic N) is 3. The molecule has 34 heavy (non-hydrogen) atoms. The molecule has 1 amide bonds. The van der Waals surface area contributed by atoms with E-state index in [4.69, 9.17) is 4.74 Å². The van der Waals surface area contributed by atoms with Gasteiger partial charge in [-0.1, -0.05) is 32.9 Å². The van der Waals surface area contributed by atoms with Crippen molar-refractivity contribution in [1.82, 2.24) is 14.9 Å². The van der Waals surface area contributed by atoms with Gasteiger partial charge in [-0.05, 0) is 47.4 Å². The molecule has 1 fully saturated rings. The van der Waals surface area contributed by atoms with Crippen LogP contribution in [0.4, 0.5) is 0 Å². The Bertz CT molecular complexity index is 1250. The second kappa shape index (κ2) is 9.09. The van der Waals surface area contributed by atoms with Crippen LogP contribution >= 0.6 is 0 Å². The number of Topliss-reactive ketones (excluding diaryl/α,β-unsaturated/α-hetero) is 1. The summed E-state index contributed by atoms with van der Waals surface area (Å²) >= 11 is 0. The van der Waals surface area contributed by atoms with Gasteiger partial charge in [-0.25, -0.2) is 0 Å². The quantitative estimate of drug-likeness (QED) is 0.347. The van der Waals surface area contributed by atoms with Crippen LogP contribution in [0.15, 0.2) is 72.7 Å². The van der Waals surface area contributed by atoms with Gasteiger partial charge in [0.2, 0.25) is 0 Å². The first-order valence-electron chi connectivity index (χ1n) is 11.0. The lowest BCUT2D eigenvalue weighted by Gasteiger charge is -2.25. The van der Waals surface area contributed by atoms with Crippen LogP contribution in [0.2, 0.25) is 0 Å². The maximum atomic E-state index is 13.2. The zero-order valence-corrected chi connectivity index (χ0v) is 19.6. The topological polar surface area (TPSA) is 92.6 Å². The van der Waals surface area contributed by atoms with Crippen molar-refractivity contribution in [3.63, 3.8) is 0 Å². The summed E-state index contributed by atoms with van der Waals surface area (Å²) in [4.78, 5) is 36.3. The molecular weight excluding hydrogens is 430 g/mol. The number of hydrogen-bond donors (Lipinski definition) is 1. The zero-order valence-electron chi connectivity index (χ0n) is 19.6. The first-order chi connectivity index (χ1) is 16.2. The number of benzene rings is 1. The van der Waals surface area contributed by atoms with Crippen LogP contribution in [0.25, 0.3) is 5.76 Å². The molecule has 0 radical (unpaired) electrons. The van der Waals surface area contributed by atoms with Crippen molar-refractivity contribution in [2.24, 2.45) is 0 Å². The molecular formula is C27H27N3O4. The number of aliphatic hydroxyl groups is 1. The molecule has 1 atom stereocenters. The molecule has 7 nitrogen and oxygen atoms in total. The summed E-state index contributed by atoms with van der Waals surface area (Å²) in [6.07, 6.45) is 4.85. The highest BCUT2D eigenvalue weighted by molar-refractivity contribution is 6.46. The molecule has 3 aromatic rings. The number of aliphatic hydroxyl groups excluding tert-OH is 1. The number of carbonyl (C=O) groups is 2. The van der Waals surface area contributed by atoms with Gasteiger partial charge in [-0.15, -0.1) is 0 Å². The predicted molar refractivity (Wildman–Crippen MR) is 128 cm³/mol. The number of carbonyl (C=O) groups excluding carboxylic acids is 2. The molecule has 1 aromatic carbocycles. The number of amides is 1. The van der Waals surface area contributed by atoms with E-state index in [1.807, 2.05) is 26.8 Å². The lowest BCUT2D eigenvalue weighted by Crippen LogP contribution is -2.29. The molecule has 0 saturated carbocycles. The molecule has 1 aliphatic rings. The lowest BCUT2D eigenvalue weighted by molar-refractivity contribution is -0.140. The highest BCUT2D eigenvalue weighted by atomic mass is 16.5. The maximum Gasteiger partial charge on any atom is 0.296 e. The Kier molecular flexibility index (Phi) is 6.20. The van der Waals surface area contributed by atoms with E-state index in [2.05, 4.69) is 9.97 Å². The van der Waals surface area contributed by atoms with E-state index in [1.165, 1.54) is 4.90 Å². The zero-order chi connectivity index (χ0) is 24.5. The van der Waals surface area contributed by atoms with Crippen LogP contribution in [-0.4, -0.2) is 38.8 Å². The van der Waals surface area contributed by atoms with Crippen molar-refractivity contribution in [3.8, 4) is 5.75 Å². The number of aromatic nitrogens is 2. The van der Waals surface area contributed by atoms with Crippen LogP contribution in [0, 0.1) is 0 Å². The van der Waals surface area contributed by atoms with E-state index in [-0.39, 0.29) is 23.3 Å². The third-order valence-electron chi connectivity index (χ3n) is 5.88. The van der Waals surface area contributed by atoms with E-state index in [0.717, 1.165) is 5.56 Å². The molecule has 1 aliphatic heterocycles. The average molecular weight is 458 g/mol. The largest absolute Gasteiger partial charge is 0.507 e. The predicted octanol–water partition coefficient (Wildman–Crippen LogP) is 4.40. The molecule has 0 aliphatic carbocycles. The molecule has 3 heterocycles. The molecule has 1 unspecified atom stereocenters. The highest BCUT2D eigenvalue weighted by Gasteiger charge is 2.46. The smallest absolute Gasteiger partial charge is 0.296 e. The van der Waals surface area contributed by atoms with Crippen LogP contribution in [0.1, 0.15) is 49.2 Å². The number of rotatable bonds is 5. The summed E-state index contributed by atoms with van der Waals surface area (Å²) in [6, 6.07) is 13.4. The second-order valence-electron chi connectivity index (χ2n) is 9.20. The normalized spacial score (nSPS) is 17.8. The molecule has 174 valence electrons. The fourth-order valence-electron chi connectivity index (χ4n) is 4.19. The van der Waals surface area contributed by atoms with Gasteiger partial charge in [0, 0.05) is 29.7 Å². The van der Waals surface area contributed by atoms with Gasteiger partial charge in [-0.2, -0.15) is 0 Å². The standard InChI is InChI=1S/C27H27N3O4/c1-27(2,3)20-14-17(10-11-21(20)34-4)24(31)22-23(18-8-7-12-28-15-18)30(26(33)25(22)32)16-19-9-5-6-13-29-19/h5-15,23,31H,16H2,1-4H3/b24-22-. The van der Waals surface area contributed by atoms with Crippen LogP contribution < -0.4 is 4.74 Å². The minimum atomic E-state index is -0.795. The Morgan fingerprint density at radius 3 is 2.50 bits per heavy atom. The van der Waals surface area contributed by atoms with Gasteiger partial charge in [0.15, 0.2) is 0 Å². The van der Waals surface area contributed by atoms with E-state index in [1.54, 1.807) is 68.2 Å². The Labute approximate surface area is 198 Å². The highest BCUT2D eigenvalue weighted by Crippen LogP contribution is 2.41. The SMILES string of the molecule is COc1ccc(/C(O)=C2/C(=O)C(=O)N(Cc3ccccn3)C2c2cccnc2)cc1C(C)(C)C. The van der Waals surface area contributed by atoms with Gasteiger partial charge in [0.25, 0.3) is 11.7 Å². The maximum absolute atomic E-state index is 13.2. The van der Waals surface area contributed by atoms with E-state index in [9.17, 15) is 14.7 Å². The first-order valence-corrected chi connectivity index (χ1v) is 11.0. The van der Waals surface area contributed by atoms with Crippen molar-refractivity contribution in [2.45, 2.75) is 38.8 Å². The Balaban J connectivity index is 1.88. The minimum absolute atomic E-state index is 0.0268. The van der Waals surface area contributed by atoms with Crippen molar-refractivity contribution in [1.29, 1.82) is 0 Å². The third kappa shape index (κ3) is 4.29. The number of ether oxygens (including phenoxy) is 1. The number of hydrogen-bond acceptors (Lipinski definition) is 6. The monoisotopic (exact) mass is 457 g/mol. The molecule has 1 N–H and O–H groups in total. The molecule has 7 heteroatoms. The number of pyridine rings is 2. The minimum Gasteiger partial charge on any atom is -0.507 e. The number of methoxy groups -OCH3 is 1. The van der Waals surface area contributed by atoms with Gasteiger partial charge in [0.05, 0.1) is 31.0 Å². The van der Waals surface area contributed by atoms with E-state index in [0.29, 0.717) is 22.6 Å². The van der Waals surface area contributed by atoms with E-state index >= 15 is 0 Å². The Morgan fingerprint density at radius 2 is 1.88 bits per heavy atom. The summed E-state index contributed by atoms with van der Waals surface area (Å²) < 4.78 is 5.50. The van der Waals surface area contributed by atoms with Gasteiger partial charge in [-0.3, -0.25) is 19.6 Å². The lowest BCUT2D eigenvalue weighted by atomic mass is 9.84. The van der Waals surface area contributed by atoms with Gasteiger partial charge >= 0.3 is 0 Å². The fourth-order valence-corrected chi connectivity index (χ4v) is 4.19. The van der Waals surface area contributed by atoms with Crippen LogP contribution in [-0.2, 0) is 21.5 Å². The number of ketones is 1. The molecule has 4 rings (SSSR count). The molecule has 1 saturated heterocycles. The summed E-state index contributed by atoms with van der Waals surface area (Å²) in [6.45, 7) is 6.24. The number of likely N-dealkylation sites (tertiary alicyclic amines) is 1. The van der Waals surface area contributed by atoms with Crippen molar-refractivity contribution in [3.05, 3.63) is 95.1 Å². The first kappa shape index (κ1) is 23.2. The summed E-state index contributed by atoms with van der Waals surface area (Å²) in [5, 5.41) is 11.4. The Hall–Kier alpha value is -4.00. The molecule has 0 spiro atoms. The second-order valence-corrected chi connectivity index (χ2v) is 9.20. The summed E-state index contributed by atoms with van der Waals surface area (Å²) in [5.41, 5.74) is 2.34. The average Bonchev–Trinajstić information content (AvgIpc) is 3.08. The van der Waals surface area contributed by atoms with Crippen molar-refractivity contribution in [2.75, 3.05) is 7.11 Å². The van der Waals surface area contributed by atoms with Gasteiger partial charge < -0.3 is 14.7 Å². The summed E-state index contributed by atoms with van der Waals surface area (Å²) in [7, 11) is 1.59. The van der Waals surface area contributed by atoms with Crippen molar-refractivity contribution >= 4 is 17.4 Å². The van der Waals surface area contributed by atoms with Crippen LogP contribution in [0.5, 0.6) is 5.75 Å². The fraction of sp³-hybridized carbons (Fsp3) is 0.259. The van der Waals surface area contributed by atoms with Gasteiger partial charge in [0.1, 0.15) is 11.5 Å². The van der Waals surface area contributed by atoms with E-state index < -0.39 is 17.7 Å². The Morgan fingerprint density at radius 1 is 1.09 bits per heavy atom. The van der Waals surface area contributed by atoms with Crippen molar-refractivity contribution < 1.29 is 19.4 Å². The molecule has 2 aromatic heterocycles. The summed E-state index contributed by atoms with van der Waals surface area (Å²) in [5.74, 6) is -0.978. The third-order valence-corrected chi connectivity index (χ3v) is 5.88. The molecule has 0 bridgehead atoms.